The number of halogens is 1. The quantitative estimate of drug-likeness (QED) is 0.861. The molecule has 0 atom stereocenters. The van der Waals surface area contributed by atoms with Gasteiger partial charge in [-0.3, -0.25) is 0 Å². The predicted molar refractivity (Wildman–Crippen MR) is 68.7 cm³/mol. The molecule has 4 nitrogen and oxygen atoms in total. The maximum absolute atomic E-state index is 9.32. The molecule has 0 spiro atoms. The highest BCUT2D eigenvalue weighted by atomic mass is 79.9. The van der Waals surface area contributed by atoms with Crippen LogP contribution >= 0.6 is 15.9 Å². The van der Waals surface area contributed by atoms with Gasteiger partial charge in [-0.05, 0) is 29.8 Å². The van der Waals surface area contributed by atoms with E-state index in [1.165, 1.54) is 0 Å². The van der Waals surface area contributed by atoms with E-state index in [0.717, 1.165) is 22.7 Å². The summed E-state index contributed by atoms with van der Waals surface area (Å²) in [5, 5.41) is 9.32. The van der Waals surface area contributed by atoms with E-state index in [4.69, 9.17) is 0 Å². The van der Waals surface area contributed by atoms with Crippen molar-refractivity contribution < 1.29 is 5.11 Å². The zero-order valence-electron chi connectivity index (χ0n) is 10.2. The Morgan fingerprint density at radius 3 is 2.56 bits per heavy atom. The van der Waals surface area contributed by atoms with Crippen LogP contribution in [0.1, 0.15) is 26.6 Å². The van der Waals surface area contributed by atoms with Crippen LogP contribution in [0.25, 0.3) is 0 Å². The molecule has 0 fully saturated rings. The summed E-state index contributed by atoms with van der Waals surface area (Å²) in [7, 11) is 1.92. The topological polar surface area (TPSA) is 49.2 Å². The first-order chi connectivity index (χ1) is 7.40. The second-order valence-electron chi connectivity index (χ2n) is 4.35. The smallest absolute Gasteiger partial charge is 0.133 e. The lowest BCUT2D eigenvalue weighted by Gasteiger charge is -2.35. The third kappa shape index (κ3) is 2.92. The lowest BCUT2D eigenvalue weighted by molar-refractivity contribution is 0.215. The number of anilines is 1. The highest BCUT2D eigenvalue weighted by Crippen LogP contribution is 2.22. The number of aliphatic hydroxyl groups excluding tert-OH is 1. The van der Waals surface area contributed by atoms with Crippen LogP contribution in [0.2, 0.25) is 0 Å². The molecule has 0 radical (unpaired) electrons. The largest absolute Gasteiger partial charge is 0.394 e. The van der Waals surface area contributed by atoms with E-state index in [9.17, 15) is 5.11 Å². The van der Waals surface area contributed by atoms with Gasteiger partial charge in [-0.15, -0.1) is 0 Å². The number of rotatable bonds is 4. The van der Waals surface area contributed by atoms with Gasteiger partial charge in [0.2, 0.25) is 0 Å². The molecule has 0 aliphatic carbocycles. The summed E-state index contributed by atoms with van der Waals surface area (Å²) in [4.78, 5) is 10.7. The Morgan fingerprint density at radius 1 is 1.44 bits per heavy atom. The predicted octanol–water partition coefficient (Wildman–Crippen LogP) is 2.01. The van der Waals surface area contributed by atoms with Crippen LogP contribution in [0.5, 0.6) is 0 Å². The molecule has 1 aromatic rings. The molecule has 5 heteroatoms. The molecule has 0 unspecified atom stereocenters. The number of hydrogen-bond donors (Lipinski definition) is 1. The molecule has 1 N–H and O–H groups in total. The third-order valence-corrected chi connectivity index (χ3v) is 3.09. The number of aryl methyl sites for hydroxylation is 1. The van der Waals surface area contributed by atoms with Crippen molar-refractivity contribution in [3.8, 4) is 0 Å². The van der Waals surface area contributed by atoms with Crippen molar-refractivity contribution in [3.05, 3.63) is 16.5 Å². The summed E-state index contributed by atoms with van der Waals surface area (Å²) in [6.07, 6.45) is 0.792. The van der Waals surface area contributed by atoms with Crippen molar-refractivity contribution in [1.29, 1.82) is 0 Å². The van der Waals surface area contributed by atoms with Gasteiger partial charge in [0.1, 0.15) is 16.2 Å². The average molecular weight is 288 g/mol. The van der Waals surface area contributed by atoms with Gasteiger partial charge in [0.15, 0.2) is 0 Å². The highest BCUT2D eigenvalue weighted by Gasteiger charge is 2.24. The Labute approximate surface area is 105 Å². The Kier molecular flexibility index (Phi) is 4.27. The second-order valence-corrected chi connectivity index (χ2v) is 5.16. The van der Waals surface area contributed by atoms with Crippen molar-refractivity contribution in [1.82, 2.24) is 9.97 Å². The first-order valence-electron chi connectivity index (χ1n) is 5.29. The van der Waals surface area contributed by atoms with E-state index >= 15 is 0 Å². The van der Waals surface area contributed by atoms with Crippen molar-refractivity contribution in [3.63, 3.8) is 0 Å². The van der Waals surface area contributed by atoms with Gasteiger partial charge in [-0.25, -0.2) is 9.97 Å². The molecule has 0 amide bonds. The summed E-state index contributed by atoms with van der Waals surface area (Å²) in [5.41, 5.74) is -0.335. The molecule has 1 heterocycles. The molecular weight excluding hydrogens is 270 g/mol. The van der Waals surface area contributed by atoms with E-state index in [1.54, 1.807) is 0 Å². The second kappa shape index (κ2) is 5.10. The summed E-state index contributed by atoms with van der Waals surface area (Å²) in [5.74, 6) is 1.61. The minimum absolute atomic E-state index is 0.0760. The van der Waals surface area contributed by atoms with Crippen LogP contribution in [0.15, 0.2) is 10.7 Å². The van der Waals surface area contributed by atoms with Gasteiger partial charge in [0.25, 0.3) is 0 Å². The van der Waals surface area contributed by atoms with Crippen LogP contribution in [-0.4, -0.2) is 34.3 Å². The zero-order valence-corrected chi connectivity index (χ0v) is 11.7. The molecular formula is C11H18BrN3O. The Hall–Kier alpha value is -0.680. The van der Waals surface area contributed by atoms with Crippen molar-refractivity contribution >= 4 is 21.7 Å². The third-order valence-electron chi connectivity index (χ3n) is 2.68. The number of aliphatic hydroxyl groups is 1. The van der Waals surface area contributed by atoms with E-state index < -0.39 is 0 Å². The Balaban J connectivity index is 3.08. The Morgan fingerprint density at radius 2 is 2.06 bits per heavy atom. The molecule has 0 bridgehead atoms. The fourth-order valence-electron chi connectivity index (χ4n) is 1.20. The molecule has 1 rings (SSSR count). The molecule has 0 aliphatic rings. The van der Waals surface area contributed by atoms with Gasteiger partial charge in [0, 0.05) is 19.5 Å². The summed E-state index contributed by atoms with van der Waals surface area (Å²) < 4.78 is 0.773. The molecule has 90 valence electrons. The zero-order chi connectivity index (χ0) is 12.3. The SMILES string of the molecule is CCc1nc(Br)cc(N(C)C(C)(C)CO)n1. The van der Waals surface area contributed by atoms with Crippen LogP contribution in [0, 0.1) is 0 Å². The normalized spacial score (nSPS) is 11.6. The van der Waals surface area contributed by atoms with Crippen molar-refractivity contribution in [2.24, 2.45) is 0 Å². The minimum atomic E-state index is -0.335. The van der Waals surface area contributed by atoms with E-state index in [1.807, 2.05) is 38.8 Å². The summed E-state index contributed by atoms with van der Waals surface area (Å²) >= 11 is 3.37. The average Bonchev–Trinajstić information content (AvgIpc) is 2.27. The van der Waals surface area contributed by atoms with Crippen LogP contribution < -0.4 is 4.90 Å². The monoisotopic (exact) mass is 287 g/mol. The number of hydrogen-bond acceptors (Lipinski definition) is 4. The molecule has 0 saturated carbocycles. The fraction of sp³-hybridized carbons (Fsp3) is 0.636. The highest BCUT2D eigenvalue weighted by molar-refractivity contribution is 9.10. The first kappa shape index (κ1) is 13.4. The van der Waals surface area contributed by atoms with E-state index in [-0.39, 0.29) is 12.1 Å². The lowest BCUT2D eigenvalue weighted by atomic mass is 10.1. The van der Waals surface area contributed by atoms with Crippen LogP contribution in [-0.2, 0) is 6.42 Å². The summed E-state index contributed by atoms with van der Waals surface area (Å²) in [6.45, 7) is 6.03. The van der Waals surface area contributed by atoms with Crippen molar-refractivity contribution in [2.45, 2.75) is 32.7 Å². The van der Waals surface area contributed by atoms with Gasteiger partial charge >= 0.3 is 0 Å². The Bertz CT molecular complexity index is 368. The maximum Gasteiger partial charge on any atom is 0.133 e. The maximum atomic E-state index is 9.32. The number of likely N-dealkylation sites (N-methyl/N-ethyl adjacent to an activating group) is 1. The standard InChI is InChI=1S/C11H18BrN3O/c1-5-9-13-8(12)6-10(14-9)15(4)11(2,3)7-16/h6,16H,5,7H2,1-4H3. The van der Waals surface area contributed by atoms with Gasteiger partial charge < -0.3 is 10.0 Å². The van der Waals surface area contributed by atoms with Crippen molar-refractivity contribution in [2.75, 3.05) is 18.6 Å². The van der Waals surface area contributed by atoms with Crippen LogP contribution in [0.4, 0.5) is 5.82 Å². The number of nitrogens with zero attached hydrogens (tertiary/aromatic N) is 3. The minimum Gasteiger partial charge on any atom is -0.394 e. The van der Waals surface area contributed by atoms with E-state index in [0.29, 0.717) is 0 Å². The fourth-order valence-corrected chi connectivity index (χ4v) is 1.61. The molecule has 0 aliphatic heterocycles. The van der Waals surface area contributed by atoms with Gasteiger partial charge in [0.05, 0.1) is 12.1 Å². The first-order valence-corrected chi connectivity index (χ1v) is 6.08. The molecule has 0 aromatic carbocycles. The summed E-state index contributed by atoms with van der Waals surface area (Å²) in [6, 6.07) is 1.86. The van der Waals surface area contributed by atoms with E-state index in [2.05, 4.69) is 25.9 Å². The molecule has 1 aromatic heterocycles. The van der Waals surface area contributed by atoms with Crippen LogP contribution in [0.3, 0.4) is 0 Å². The van der Waals surface area contributed by atoms with Gasteiger partial charge in [-0.1, -0.05) is 6.92 Å². The molecule has 0 saturated heterocycles. The van der Waals surface area contributed by atoms with Gasteiger partial charge in [-0.2, -0.15) is 0 Å². The number of aromatic nitrogens is 2. The lowest BCUT2D eigenvalue weighted by Crippen LogP contribution is -2.45. The molecule has 16 heavy (non-hydrogen) atoms.